The van der Waals surface area contributed by atoms with Gasteiger partial charge in [-0.25, -0.2) is 4.68 Å². The summed E-state index contributed by atoms with van der Waals surface area (Å²) in [7, 11) is 0. The molecule has 5 nitrogen and oxygen atoms in total. The molecule has 1 unspecified atom stereocenters. The molecule has 0 fully saturated rings. The number of amides is 1. The van der Waals surface area contributed by atoms with Crippen molar-refractivity contribution in [2.75, 3.05) is 0 Å². The van der Waals surface area contributed by atoms with Crippen molar-refractivity contribution in [2.45, 2.75) is 18.9 Å². The molecule has 1 atom stereocenters. The summed E-state index contributed by atoms with van der Waals surface area (Å²) in [4.78, 5) is 12.3. The summed E-state index contributed by atoms with van der Waals surface area (Å²) in [6, 6.07) is 13.8. The number of nitrogens with zero attached hydrogens (tertiary/aromatic N) is 3. The van der Waals surface area contributed by atoms with Gasteiger partial charge < -0.3 is 5.73 Å². The van der Waals surface area contributed by atoms with Crippen molar-refractivity contribution in [3.05, 3.63) is 60.4 Å². The molecule has 1 aromatic heterocycles. The Balaban J connectivity index is 2.37. The van der Waals surface area contributed by atoms with E-state index in [4.69, 9.17) is 5.73 Å². The smallest absolute Gasteiger partial charge is 0.250 e. The molecule has 0 bridgehead atoms. The normalized spacial score (nSPS) is 14.0. The van der Waals surface area contributed by atoms with Gasteiger partial charge in [-0.3, -0.25) is 4.79 Å². The number of hydrogen-bond acceptors (Lipinski definition) is 3. The molecule has 1 heterocycles. The van der Waals surface area contributed by atoms with E-state index >= 15 is 0 Å². The zero-order chi connectivity index (χ0) is 14.9. The summed E-state index contributed by atoms with van der Waals surface area (Å²) in [6.07, 6.45) is 3.73. The molecule has 21 heavy (non-hydrogen) atoms. The lowest BCUT2D eigenvalue weighted by Gasteiger charge is -2.31. The van der Waals surface area contributed by atoms with Crippen LogP contribution >= 0.6 is 0 Å². The molecule has 106 valence electrons. The van der Waals surface area contributed by atoms with Gasteiger partial charge in [0.1, 0.15) is 0 Å². The highest BCUT2D eigenvalue weighted by molar-refractivity contribution is 5.95. The Morgan fingerprint density at radius 2 is 2.00 bits per heavy atom. The first-order valence-corrected chi connectivity index (χ1v) is 6.85. The SMILES string of the molecule is CCC(C(N)=O)(c1cccc2ccccc12)n1ccnn1. The van der Waals surface area contributed by atoms with Crippen LogP contribution in [0.2, 0.25) is 0 Å². The third kappa shape index (κ3) is 1.89. The lowest BCUT2D eigenvalue weighted by Crippen LogP contribution is -2.47. The quantitative estimate of drug-likeness (QED) is 0.795. The molecule has 0 radical (unpaired) electrons. The Morgan fingerprint density at radius 3 is 2.67 bits per heavy atom. The lowest BCUT2D eigenvalue weighted by molar-refractivity contribution is -0.125. The van der Waals surface area contributed by atoms with Gasteiger partial charge in [0.05, 0.1) is 6.20 Å². The molecule has 0 saturated heterocycles. The predicted octanol–water partition coefficient (Wildman–Crippen LogP) is 2.07. The molecule has 0 aliphatic rings. The van der Waals surface area contributed by atoms with Crippen LogP contribution in [0.4, 0.5) is 0 Å². The highest BCUT2D eigenvalue weighted by Gasteiger charge is 2.40. The lowest BCUT2D eigenvalue weighted by atomic mass is 9.83. The Morgan fingerprint density at radius 1 is 1.24 bits per heavy atom. The second kappa shape index (κ2) is 5.01. The first kappa shape index (κ1) is 13.3. The van der Waals surface area contributed by atoms with Gasteiger partial charge in [-0.15, -0.1) is 5.10 Å². The van der Waals surface area contributed by atoms with Crippen LogP contribution < -0.4 is 5.73 Å². The van der Waals surface area contributed by atoms with Crippen molar-refractivity contribution in [3.8, 4) is 0 Å². The Bertz CT molecular complexity index is 777. The number of carbonyl (C=O) groups excluding carboxylic acids is 1. The number of aromatic nitrogens is 3. The predicted molar refractivity (Wildman–Crippen MR) is 80.5 cm³/mol. The summed E-state index contributed by atoms with van der Waals surface area (Å²) >= 11 is 0. The standard InChI is InChI=1S/C16H16N4O/c1-2-16(15(17)21,20-11-10-18-19-20)14-9-5-7-12-6-3-4-8-13(12)14/h3-11H,2H2,1H3,(H2,17,21). The molecule has 5 heteroatoms. The van der Waals surface area contributed by atoms with E-state index in [0.29, 0.717) is 6.42 Å². The Labute approximate surface area is 122 Å². The molecule has 0 saturated carbocycles. The van der Waals surface area contributed by atoms with Crippen LogP contribution in [0.15, 0.2) is 54.9 Å². The first-order valence-electron chi connectivity index (χ1n) is 6.85. The van der Waals surface area contributed by atoms with Gasteiger partial charge in [0.25, 0.3) is 0 Å². The molecular formula is C16H16N4O. The number of hydrogen-bond donors (Lipinski definition) is 1. The van der Waals surface area contributed by atoms with Crippen LogP contribution in [0.3, 0.4) is 0 Å². The molecular weight excluding hydrogens is 264 g/mol. The second-order valence-electron chi connectivity index (χ2n) is 4.95. The minimum absolute atomic E-state index is 0.438. The zero-order valence-corrected chi connectivity index (χ0v) is 11.7. The summed E-state index contributed by atoms with van der Waals surface area (Å²) < 4.78 is 1.55. The fourth-order valence-corrected chi connectivity index (χ4v) is 2.89. The fraction of sp³-hybridized carbons (Fsp3) is 0.188. The van der Waals surface area contributed by atoms with Gasteiger partial charge >= 0.3 is 0 Å². The van der Waals surface area contributed by atoms with Crippen molar-refractivity contribution in [3.63, 3.8) is 0 Å². The largest absolute Gasteiger partial charge is 0.367 e. The van der Waals surface area contributed by atoms with Gasteiger partial charge in [0.2, 0.25) is 5.91 Å². The number of fused-ring (bicyclic) bond motifs is 1. The van der Waals surface area contributed by atoms with E-state index in [1.165, 1.54) is 0 Å². The number of benzene rings is 2. The van der Waals surface area contributed by atoms with E-state index in [1.807, 2.05) is 49.4 Å². The summed E-state index contributed by atoms with van der Waals surface area (Å²) in [5, 5.41) is 9.92. The third-order valence-electron chi connectivity index (χ3n) is 3.97. The van der Waals surface area contributed by atoms with E-state index in [-0.39, 0.29) is 0 Å². The van der Waals surface area contributed by atoms with E-state index in [1.54, 1.807) is 17.1 Å². The van der Waals surface area contributed by atoms with Crippen molar-refractivity contribution >= 4 is 16.7 Å². The summed E-state index contributed by atoms with van der Waals surface area (Å²) in [5.74, 6) is -0.438. The average molecular weight is 280 g/mol. The van der Waals surface area contributed by atoms with E-state index in [0.717, 1.165) is 16.3 Å². The maximum absolute atomic E-state index is 12.3. The monoisotopic (exact) mass is 280 g/mol. The Hall–Kier alpha value is -2.69. The van der Waals surface area contributed by atoms with Gasteiger partial charge in [0, 0.05) is 6.20 Å². The van der Waals surface area contributed by atoms with Crippen molar-refractivity contribution in [1.82, 2.24) is 15.0 Å². The number of nitrogens with two attached hydrogens (primary N) is 1. The molecule has 3 aromatic rings. The highest BCUT2D eigenvalue weighted by atomic mass is 16.1. The van der Waals surface area contributed by atoms with Crippen LogP contribution in [-0.2, 0) is 10.3 Å². The highest BCUT2D eigenvalue weighted by Crippen LogP contribution is 2.34. The van der Waals surface area contributed by atoms with Gasteiger partial charge in [-0.2, -0.15) is 0 Å². The minimum atomic E-state index is -1.03. The molecule has 0 aliphatic carbocycles. The van der Waals surface area contributed by atoms with Gasteiger partial charge in [-0.05, 0) is 22.8 Å². The molecule has 0 spiro atoms. The Kier molecular flexibility index (Phi) is 3.17. The number of carbonyl (C=O) groups is 1. The fourth-order valence-electron chi connectivity index (χ4n) is 2.89. The molecule has 2 N–H and O–H groups in total. The second-order valence-corrected chi connectivity index (χ2v) is 4.95. The van der Waals surface area contributed by atoms with Crippen LogP contribution in [0.1, 0.15) is 18.9 Å². The zero-order valence-electron chi connectivity index (χ0n) is 11.7. The van der Waals surface area contributed by atoms with Gasteiger partial charge in [-0.1, -0.05) is 54.6 Å². The first-order chi connectivity index (χ1) is 10.2. The van der Waals surface area contributed by atoms with Crippen LogP contribution in [0, 0.1) is 0 Å². The van der Waals surface area contributed by atoms with E-state index < -0.39 is 11.4 Å². The van der Waals surface area contributed by atoms with Crippen LogP contribution in [0.5, 0.6) is 0 Å². The van der Waals surface area contributed by atoms with Crippen LogP contribution in [0.25, 0.3) is 10.8 Å². The van der Waals surface area contributed by atoms with E-state index in [2.05, 4.69) is 10.3 Å². The van der Waals surface area contributed by atoms with Crippen LogP contribution in [-0.4, -0.2) is 20.9 Å². The average Bonchev–Trinajstić information content (AvgIpc) is 3.03. The molecule has 1 amide bonds. The van der Waals surface area contributed by atoms with Crippen molar-refractivity contribution in [2.24, 2.45) is 5.73 Å². The third-order valence-corrected chi connectivity index (χ3v) is 3.97. The maximum Gasteiger partial charge on any atom is 0.250 e. The van der Waals surface area contributed by atoms with Crippen molar-refractivity contribution in [1.29, 1.82) is 0 Å². The summed E-state index contributed by atoms with van der Waals surface area (Å²) in [6.45, 7) is 1.92. The van der Waals surface area contributed by atoms with Gasteiger partial charge in [0.15, 0.2) is 5.54 Å². The topological polar surface area (TPSA) is 73.8 Å². The molecule has 2 aromatic carbocycles. The van der Waals surface area contributed by atoms with Crippen molar-refractivity contribution < 1.29 is 4.79 Å². The minimum Gasteiger partial charge on any atom is -0.367 e. The molecule has 0 aliphatic heterocycles. The number of rotatable bonds is 4. The van der Waals surface area contributed by atoms with E-state index in [9.17, 15) is 4.79 Å². The summed E-state index contributed by atoms with van der Waals surface area (Å²) in [5.41, 5.74) is 5.59. The maximum atomic E-state index is 12.3. The number of primary amides is 1. The molecule has 3 rings (SSSR count).